The van der Waals surface area contributed by atoms with Crippen LogP contribution in [0, 0.1) is 0 Å². The number of rotatable bonds is 3. The van der Waals surface area contributed by atoms with Gasteiger partial charge in [0.1, 0.15) is 6.33 Å². The summed E-state index contributed by atoms with van der Waals surface area (Å²) in [5, 5.41) is 0. The fraction of sp³-hybridized carbons (Fsp3) is 0.154. The van der Waals surface area contributed by atoms with Crippen molar-refractivity contribution in [3.63, 3.8) is 0 Å². The SMILES string of the molecule is CCc1ccc(C(=O)c2cncnc2)cc1. The molecule has 0 bridgehead atoms. The smallest absolute Gasteiger partial charge is 0.196 e. The first kappa shape index (κ1) is 10.5. The molecule has 0 spiro atoms. The predicted octanol–water partition coefficient (Wildman–Crippen LogP) is 2.27. The van der Waals surface area contributed by atoms with E-state index in [0.29, 0.717) is 11.1 Å². The third kappa shape index (κ3) is 2.14. The van der Waals surface area contributed by atoms with E-state index in [-0.39, 0.29) is 5.78 Å². The maximum absolute atomic E-state index is 12.0. The fourth-order valence-corrected chi connectivity index (χ4v) is 1.47. The minimum absolute atomic E-state index is 0.0387. The van der Waals surface area contributed by atoms with Crippen LogP contribution in [-0.2, 0) is 6.42 Å². The van der Waals surface area contributed by atoms with Gasteiger partial charge in [0.2, 0.25) is 0 Å². The van der Waals surface area contributed by atoms with Crippen LogP contribution in [0.25, 0.3) is 0 Å². The largest absolute Gasteiger partial charge is 0.288 e. The minimum atomic E-state index is -0.0387. The van der Waals surface area contributed by atoms with Crippen molar-refractivity contribution in [2.45, 2.75) is 13.3 Å². The summed E-state index contributed by atoms with van der Waals surface area (Å²) in [4.78, 5) is 19.6. The van der Waals surface area contributed by atoms with Gasteiger partial charge in [-0.15, -0.1) is 0 Å². The van der Waals surface area contributed by atoms with Gasteiger partial charge in [-0.25, -0.2) is 9.97 Å². The van der Waals surface area contributed by atoms with Crippen molar-refractivity contribution in [3.05, 3.63) is 59.7 Å². The molecule has 0 saturated heterocycles. The Morgan fingerprint density at radius 2 is 1.69 bits per heavy atom. The number of aryl methyl sites for hydroxylation is 1. The number of carbonyl (C=O) groups excluding carboxylic acids is 1. The van der Waals surface area contributed by atoms with Gasteiger partial charge in [-0.3, -0.25) is 4.79 Å². The summed E-state index contributed by atoms with van der Waals surface area (Å²) < 4.78 is 0. The van der Waals surface area contributed by atoms with Crippen LogP contribution >= 0.6 is 0 Å². The Kier molecular flexibility index (Phi) is 3.05. The number of hydrogen-bond donors (Lipinski definition) is 0. The standard InChI is InChI=1S/C13H12N2O/c1-2-10-3-5-11(6-4-10)13(16)12-7-14-9-15-8-12/h3-9H,2H2,1H3. The average molecular weight is 212 g/mol. The molecule has 80 valence electrons. The first-order valence-electron chi connectivity index (χ1n) is 5.20. The topological polar surface area (TPSA) is 42.9 Å². The lowest BCUT2D eigenvalue weighted by molar-refractivity contribution is 0.103. The van der Waals surface area contributed by atoms with Crippen LogP contribution in [0.3, 0.4) is 0 Å². The van der Waals surface area contributed by atoms with E-state index >= 15 is 0 Å². The lowest BCUT2D eigenvalue weighted by Gasteiger charge is -2.01. The number of aromatic nitrogens is 2. The highest BCUT2D eigenvalue weighted by atomic mass is 16.1. The molecule has 0 aliphatic rings. The Bertz CT molecular complexity index is 477. The Hall–Kier alpha value is -2.03. The zero-order valence-electron chi connectivity index (χ0n) is 9.05. The Labute approximate surface area is 94.2 Å². The Balaban J connectivity index is 2.28. The normalized spacial score (nSPS) is 10.1. The van der Waals surface area contributed by atoms with Gasteiger partial charge in [-0.05, 0) is 12.0 Å². The molecule has 2 rings (SSSR count). The molecule has 0 radical (unpaired) electrons. The van der Waals surface area contributed by atoms with Gasteiger partial charge in [0, 0.05) is 18.0 Å². The molecule has 3 heteroatoms. The highest BCUT2D eigenvalue weighted by Gasteiger charge is 2.08. The lowest BCUT2D eigenvalue weighted by Crippen LogP contribution is -2.02. The molecule has 1 aromatic heterocycles. The summed E-state index contributed by atoms with van der Waals surface area (Å²) in [7, 11) is 0. The van der Waals surface area contributed by atoms with Crippen LogP contribution < -0.4 is 0 Å². The van der Waals surface area contributed by atoms with Gasteiger partial charge >= 0.3 is 0 Å². The first-order valence-corrected chi connectivity index (χ1v) is 5.20. The summed E-state index contributed by atoms with van der Waals surface area (Å²) in [6.45, 7) is 2.09. The summed E-state index contributed by atoms with van der Waals surface area (Å²) in [6, 6.07) is 7.62. The van der Waals surface area contributed by atoms with Crippen LogP contribution in [0.5, 0.6) is 0 Å². The van der Waals surface area contributed by atoms with Crippen molar-refractivity contribution in [1.29, 1.82) is 0 Å². The number of benzene rings is 1. The quantitative estimate of drug-likeness (QED) is 0.733. The van der Waals surface area contributed by atoms with Crippen molar-refractivity contribution in [2.75, 3.05) is 0 Å². The highest BCUT2D eigenvalue weighted by Crippen LogP contribution is 2.09. The van der Waals surface area contributed by atoms with Crippen molar-refractivity contribution in [2.24, 2.45) is 0 Å². The zero-order chi connectivity index (χ0) is 11.4. The van der Waals surface area contributed by atoms with Crippen molar-refractivity contribution >= 4 is 5.78 Å². The van der Waals surface area contributed by atoms with Gasteiger partial charge in [-0.1, -0.05) is 31.2 Å². The first-order chi connectivity index (χ1) is 7.81. The number of ketones is 1. The van der Waals surface area contributed by atoms with Crippen LogP contribution in [0.15, 0.2) is 43.0 Å². The molecule has 0 aliphatic heterocycles. The number of nitrogens with zero attached hydrogens (tertiary/aromatic N) is 2. The van der Waals surface area contributed by atoms with E-state index in [2.05, 4.69) is 16.9 Å². The van der Waals surface area contributed by atoms with Gasteiger partial charge in [0.05, 0.1) is 5.56 Å². The zero-order valence-corrected chi connectivity index (χ0v) is 9.05. The maximum Gasteiger partial charge on any atom is 0.196 e. The van der Waals surface area contributed by atoms with Crippen LogP contribution in [0.1, 0.15) is 28.4 Å². The molecule has 0 N–H and O–H groups in total. The van der Waals surface area contributed by atoms with Gasteiger partial charge < -0.3 is 0 Å². The number of hydrogen-bond acceptors (Lipinski definition) is 3. The molecule has 3 nitrogen and oxygen atoms in total. The van der Waals surface area contributed by atoms with Crippen LogP contribution in [0.2, 0.25) is 0 Å². The summed E-state index contributed by atoms with van der Waals surface area (Å²) in [5.74, 6) is -0.0387. The molecule has 0 amide bonds. The molecule has 1 heterocycles. The van der Waals surface area contributed by atoms with E-state index < -0.39 is 0 Å². The second-order valence-corrected chi connectivity index (χ2v) is 3.51. The molecule has 0 atom stereocenters. The second kappa shape index (κ2) is 4.66. The van der Waals surface area contributed by atoms with E-state index in [1.165, 1.54) is 24.3 Å². The average Bonchev–Trinajstić information content (AvgIpc) is 2.39. The van der Waals surface area contributed by atoms with Crippen molar-refractivity contribution in [1.82, 2.24) is 9.97 Å². The highest BCUT2D eigenvalue weighted by molar-refractivity contribution is 6.08. The third-order valence-corrected chi connectivity index (χ3v) is 2.45. The van der Waals surface area contributed by atoms with E-state index in [0.717, 1.165) is 6.42 Å². The van der Waals surface area contributed by atoms with E-state index in [1.54, 1.807) is 0 Å². The fourth-order valence-electron chi connectivity index (χ4n) is 1.47. The van der Waals surface area contributed by atoms with Crippen LogP contribution in [-0.4, -0.2) is 15.8 Å². The van der Waals surface area contributed by atoms with E-state index in [9.17, 15) is 4.79 Å². The summed E-state index contributed by atoms with van der Waals surface area (Å²) in [5.41, 5.74) is 2.42. The molecule has 2 aromatic rings. The van der Waals surface area contributed by atoms with E-state index in [4.69, 9.17) is 0 Å². The second-order valence-electron chi connectivity index (χ2n) is 3.51. The van der Waals surface area contributed by atoms with Crippen molar-refractivity contribution in [3.8, 4) is 0 Å². The predicted molar refractivity (Wildman–Crippen MR) is 61.3 cm³/mol. The maximum atomic E-state index is 12.0. The lowest BCUT2D eigenvalue weighted by atomic mass is 10.0. The Morgan fingerprint density at radius 1 is 1.06 bits per heavy atom. The monoisotopic (exact) mass is 212 g/mol. The van der Waals surface area contributed by atoms with Gasteiger partial charge in [0.25, 0.3) is 0 Å². The Morgan fingerprint density at radius 3 is 2.25 bits per heavy atom. The molecular formula is C13H12N2O. The number of carbonyl (C=O) groups is 1. The third-order valence-electron chi connectivity index (χ3n) is 2.45. The summed E-state index contributed by atoms with van der Waals surface area (Å²) in [6.07, 6.45) is 5.45. The van der Waals surface area contributed by atoms with Crippen LogP contribution in [0.4, 0.5) is 0 Å². The molecule has 1 aromatic carbocycles. The van der Waals surface area contributed by atoms with Gasteiger partial charge in [0.15, 0.2) is 5.78 Å². The molecule has 0 saturated carbocycles. The molecular weight excluding hydrogens is 200 g/mol. The minimum Gasteiger partial charge on any atom is -0.288 e. The molecule has 0 aliphatic carbocycles. The summed E-state index contributed by atoms with van der Waals surface area (Å²) >= 11 is 0. The van der Waals surface area contributed by atoms with E-state index in [1.807, 2.05) is 24.3 Å². The molecule has 0 unspecified atom stereocenters. The van der Waals surface area contributed by atoms with Gasteiger partial charge in [-0.2, -0.15) is 0 Å². The van der Waals surface area contributed by atoms with Crippen molar-refractivity contribution < 1.29 is 4.79 Å². The molecule has 0 fully saturated rings. The molecule has 16 heavy (non-hydrogen) atoms.